The maximum absolute atomic E-state index is 11.3. The molecule has 0 unspecified atom stereocenters. The zero-order valence-corrected chi connectivity index (χ0v) is 17.7. The topological polar surface area (TPSA) is 104 Å². The Morgan fingerprint density at radius 3 is 2.43 bits per heavy atom. The van der Waals surface area contributed by atoms with Gasteiger partial charge in [-0.3, -0.25) is 4.79 Å². The molecule has 0 spiro atoms. The van der Waals surface area contributed by atoms with Gasteiger partial charge in [0.15, 0.2) is 6.20 Å². The second kappa shape index (κ2) is 10.7. The summed E-state index contributed by atoms with van der Waals surface area (Å²) in [5.41, 5.74) is 0.228. The van der Waals surface area contributed by atoms with Crippen molar-refractivity contribution in [2.75, 3.05) is 19.0 Å². The number of hydrogen-bond acceptors (Lipinski definition) is 6. The number of hydrogen-bond donors (Lipinski definition) is 1. The third kappa shape index (κ3) is 9.02. The fraction of sp³-hybridized carbons (Fsp3) is 0.583. The Morgan fingerprint density at radius 2 is 1.91 bits per heavy atom. The Balaban J connectivity index is 0. The second-order valence-electron chi connectivity index (χ2n) is 4.66. The van der Waals surface area contributed by atoms with Gasteiger partial charge in [-0.25, -0.2) is 4.79 Å². The average molecular weight is 421 g/mol. The first-order valence-corrected chi connectivity index (χ1v) is 7.97. The summed E-state index contributed by atoms with van der Waals surface area (Å²) in [6.07, 6.45) is 4.37. The molecule has 0 fully saturated rings. The van der Waals surface area contributed by atoms with E-state index >= 15 is 0 Å². The number of carbonyl (C=O) groups excluding carboxylic acids is 1. The van der Waals surface area contributed by atoms with Gasteiger partial charge in [0.25, 0.3) is 5.71 Å². The van der Waals surface area contributed by atoms with E-state index in [2.05, 4.69) is 4.18 Å². The smallest absolute Gasteiger partial charge is 0.396 e. The van der Waals surface area contributed by atoms with Crippen LogP contribution in [0.4, 0.5) is 0 Å². The summed E-state index contributed by atoms with van der Waals surface area (Å²) in [5.74, 6) is -2.03. The molecule has 0 aromatic heterocycles. The molecule has 0 saturated heterocycles. The maximum Gasteiger partial charge on any atom is 0.396 e. The third-order valence-corrected chi connectivity index (χ3v) is 4.14. The van der Waals surface area contributed by atoms with Gasteiger partial charge in [-0.05, 0) is 12.8 Å². The molecule has 1 heterocycles. The van der Waals surface area contributed by atoms with Gasteiger partial charge in [-0.2, -0.15) is 13.0 Å². The molecule has 0 aromatic rings. The van der Waals surface area contributed by atoms with Gasteiger partial charge in [0.2, 0.25) is 6.67 Å². The van der Waals surface area contributed by atoms with E-state index in [0.29, 0.717) is 26.1 Å². The summed E-state index contributed by atoms with van der Waals surface area (Å²) >= 11 is 0. The zero-order valence-electron chi connectivity index (χ0n) is 13.1. The fourth-order valence-corrected chi connectivity index (χ4v) is 2.76. The Morgan fingerprint density at radius 1 is 1.30 bits per heavy atom. The second-order valence-corrected chi connectivity index (χ2v) is 6.35. The van der Waals surface area contributed by atoms with E-state index in [0.717, 1.165) is 6.92 Å². The minimum Gasteiger partial charge on any atom is -0.474 e. The van der Waals surface area contributed by atoms with Gasteiger partial charge in [0, 0.05) is 39.9 Å². The van der Waals surface area contributed by atoms with Gasteiger partial charge in [-0.1, -0.05) is 0 Å². The Bertz CT molecular complexity index is 590. The summed E-state index contributed by atoms with van der Waals surface area (Å²) in [6.45, 7) is 3.58. The molecule has 1 aliphatic rings. The summed E-state index contributed by atoms with van der Waals surface area (Å²) in [4.78, 5) is 23.3. The molecule has 0 amide bonds. The minimum atomic E-state index is -3.79. The van der Waals surface area contributed by atoms with Crippen LogP contribution in [0.15, 0.2) is 12.4 Å². The van der Waals surface area contributed by atoms with Crippen LogP contribution >= 0.6 is 12.4 Å². The minimum absolute atomic E-state index is 0. The van der Waals surface area contributed by atoms with Crippen molar-refractivity contribution < 1.29 is 51.3 Å². The largest absolute Gasteiger partial charge is 0.474 e. The molecule has 11 heteroatoms. The summed E-state index contributed by atoms with van der Waals surface area (Å²) in [6, 6.07) is 0. The fourth-order valence-electron chi connectivity index (χ4n) is 1.76. The van der Waals surface area contributed by atoms with Gasteiger partial charge in [-0.15, -0.1) is 12.4 Å². The van der Waals surface area contributed by atoms with Crippen LogP contribution in [-0.4, -0.2) is 59.6 Å². The molecule has 0 aliphatic carbocycles. The van der Waals surface area contributed by atoms with Gasteiger partial charge in [0.1, 0.15) is 0 Å². The molecule has 1 aliphatic heterocycles. The predicted molar refractivity (Wildman–Crippen MR) is 81.3 cm³/mol. The van der Waals surface area contributed by atoms with E-state index in [4.69, 9.17) is 5.11 Å². The SMILES string of the molecule is CC(=O)OS(=O)(=O)CCCCN1C=C[N+](=C(C)C(=O)O)C1.Cl.[Zn]. The number of rotatable bonds is 7. The monoisotopic (exact) mass is 419 g/mol. The van der Waals surface area contributed by atoms with Crippen LogP contribution in [0.5, 0.6) is 0 Å². The number of unbranched alkanes of at least 4 members (excludes halogenated alkanes) is 1. The standard InChI is InChI=1S/C12H18N2O6S.ClH.Zn/c1-10(12(16)17)14-7-6-13(9-14)5-3-4-8-21(18,19)20-11(2)15;;/h6-7H,3-5,8-9H2,1-2H3;1H;/p+1. The van der Waals surface area contributed by atoms with Crippen molar-refractivity contribution in [1.82, 2.24) is 4.90 Å². The molecule has 0 radical (unpaired) electrons. The molecule has 1 rings (SSSR count). The quantitative estimate of drug-likeness (QED) is 0.274. The van der Waals surface area contributed by atoms with Crippen molar-refractivity contribution in [1.29, 1.82) is 0 Å². The number of carbonyl (C=O) groups is 2. The van der Waals surface area contributed by atoms with Crippen molar-refractivity contribution in [3.8, 4) is 0 Å². The van der Waals surface area contributed by atoms with E-state index in [-0.39, 0.29) is 43.3 Å². The van der Waals surface area contributed by atoms with E-state index in [1.807, 2.05) is 4.90 Å². The Hall–Kier alpha value is -0.987. The molecule has 0 aromatic carbocycles. The number of carboxylic acids is 1. The molecule has 0 atom stereocenters. The maximum atomic E-state index is 11.3. The number of halogens is 1. The van der Waals surface area contributed by atoms with Crippen LogP contribution in [0.3, 0.4) is 0 Å². The summed E-state index contributed by atoms with van der Waals surface area (Å²) in [7, 11) is -3.79. The average Bonchev–Trinajstić information content (AvgIpc) is 2.80. The first-order chi connectivity index (χ1) is 9.71. The molecular weight excluding hydrogens is 401 g/mol. The van der Waals surface area contributed by atoms with E-state index < -0.39 is 22.1 Å². The van der Waals surface area contributed by atoms with Gasteiger partial charge in [0.05, 0.1) is 12.0 Å². The Labute approximate surface area is 154 Å². The zero-order chi connectivity index (χ0) is 16.0. The Kier molecular flexibility index (Phi) is 11.3. The van der Waals surface area contributed by atoms with Crippen molar-refractivity contribution in [3.63, 3.8) is 0 Å². The van der Waals surface area contributed by atoms with Crippen molar-refractivity contribution in [2.45, 2.75) is 26.7 Å². The first-order valence-electron chi connectivity index (χ1n) is 6.40. The van der Waals surface area contributed by atoms with Crippen LogP contribution in [0, 0.1) is 0 Å². The number of aliphatic carboxylic acids is 1. The van der Waals surface area contributed by atoms with E-state index in [9.17, 15) is 18.0 Å². The van der Waals surface area contributed by atoms with E-state index in [1.54, 1.807) is 17.0 Å². The van der Waals surface area contributed by atoms with Crippen molar-refractivity contribution >= 4 is 40.2 Å². The van der Waals surface area contributed by atoms with Gasteiger partial charge >= 0.3 is 22.1 Å². The normalized spacial score (nSPS) is 15.5. The van der Waals surface area contributed by atoms with E-state index in [1.165, 1.54) is 6.92 Å². The molecular formula is C12H20ClN2O6SZn+. The van der Waals surface area contributed by atoms with Crippen LogP contribution in [0.2, 0.25) is 0 Å². The number of nitrogens with zero attached hydrogens (tertiary/aromatic N) is 2. The number of carboxylic acid groups (broad SMARTS) is 1. The summed E-state index contributed by atoms with van der Waals surface area (Å²) in [5, 5.41) is 8.87. The van der Waals surface area contributed by atoms with Gasteiger partial charge < -0.3 is 14.2 Å². The predicted octanol–water partition coefficient (Wildman–Crippen LogP) is 0.381. The van der Waals surface area contributed by atoms with Crippen LogP contribution in [0.1, 0.15) is 26.7 Å². The third-order valence-electron chi connectivity index (χ3n) is 2.87. The van der Waals surface area contributed by atoms with Crippen LogP contribution in [0.25, 0.3) is 0 Å². The van der Waals surface area contributed by atoms with Crippen molar-refractivity contribution in [2.24, 2.45) is 0 Å². The van der Waals surface area contributed by atoms with Crippen molar-refractivity contribution in [3.05, 3.63) is 12.4 Å². The first kappa shape index (κ1) is 24.3. The molecule has 0 bridgehead atoms. The van der Waals surface area contributed by atoms with Crippen LogP contribution < -0.4 is 0 Å². The van der Waals surface area contributed by atoms with Crippen LogP contribution in [-0.2, 0) is 43.4 Å². The molecule has 0 saturated carbocycles. The summed E-state index contributed by atoms with van der Waals surface area (Å²) < 4.78 is 28.4. The molecule has 23 heavy (non-hydrogen) atoms. The molecule has 128 valence electrons. The molecule has 8 nitrogen and oxygen atoms in total. The molecule has 1 N–H and O–H groups in total.